The van der Waals surface area contributed by atoms with Crippen molar-refractivity contribution in [2.24, 2.45) is 0 Å². The molecule has 2 aromatic carbocycles. The lowest BCUT2D eigenvalue weighted by Crippen LogP contribution is -2.31. The summed E-state index contributed by atoms with van der Waals surface area (Å²) < 4.78 is 0. The number of hydrogen-bond acceptors (Lipinski definition) is 3. The van der Waals surface area contributed by atoms with Gasteiger partial charge in [-0.2, -0.15) is 0 Å². The average molecular weight is 390 g/mol. The van der Waals surface area contributed by atoms with Crippen molar-refractivity contribution in [1.29, 1.82) is 0 Å². The van der Waals surface area contributed by atoms with Gasteiger partial charge >= 0.3 is 0 Å². The highest BCUT2D eigenvalue weighted by Crippen LogP contribution is 2.42. The average Bonchev–Trinajstić information content (AvgIpc) is 2.89. The molecule has 1 heterocycles. The van der Waals surface area contributed by atoms with Gasteiger partial charge in [0.1, 0.15) is 0 Å². The Balaban J connectivity index is 2.18. The highest BCUT2D eigenvalue weighted by Gasteiger charge is 2.43. The standard InChI is InChI=1S/C20H17Cl2NO3/c1-3-16(24)17-18(12-5-7-13(21)8-6-12)23(20(26)19(17)25)14-9-4-11(2)15(22)10-14/h4-10,18,25H,3H2,1-2H3. The van der Waals surface area contributed by atoms with Crippen LogP contribution >= 0.6 is 23.2 Å². The summed E-state index contributed by atoms with van der Waals surface area (Å²) in [5, 5.41) is 11.5. The molecule has 0 spiro atoms. The minimum absolute atomic E-state index is 0.0940. The Morgan fingerprint density at radius 3 is 2.38 bits per heavy atom. The fourth-order valence-electron chi connectivity index (χ4n) is 3.04. The molecule has 1 unspecified atom stereocenters. The lowest BCUT2D eigenvalue weighted by molar-refractivity contribution is -0.118. The molecule has 1 N–H and O–H groups in total. The van der Waals surface area contributed by atoms with Crippen LogP contribution in [0.5, 0.6) is 0 Å². The molecule has 6 heteroatoms. The number of aryl methyl sites for hydroxylation is 1. The molecule has 1 amide bonds. The first kappa shape index (κ1) is 18.5. The number of hydrogen-bond donors (Lipinski definition) is 1. The minimum Gasteiger partial charge on any atom is -0.503 e. The number of nitrogens with zero attached hydrogens (tertiary/aromatic N) is 1. The normalized spacial score (nSPS) is 17.2. The van der Waals surface area contributed by atoms with E-state index in [1.807, 2.05) is 6.92 Å². The Hall–Kier alpha value is -2.30. The van der Waals surface area contributed by atoms with E-state index in [1.165, 1.54) is 4.90 Å². The van der Waals surface area contributed by atoms with E-state index in [0.29, 0.717) is 21.3 Å². The molecule has 0 saturated heterocycles. The summed E-state index contributed by atoms with van der Waals surface area (Å²) in [6.45, 7) is 3.55. The summed E-state index contributed by atoms with van der Waals surface area (Å²) in [4.78, 5) is 26.6. The molecule has 2 aromatic rings. The fourth-order valence-corrected chi connectivity index (χ4v) is 3.34. The number of aliphatic hydroxyl groups excluding tert-OH is 1. The number of halogens is 2. The molecular weight excluding hydrogens is 373 g/mol. The molecule has 3 rings (SSSR count). The quantitative estimate of drug-likeness (QED) is 0.783. The van der Waals surface area contributed by atoms with Crippen LogP contribution in [0, 0.1) is 6.92 Å². The van der Waals surface area contributed by atoms with E-state index in [-0.39, 0.29) is 17.8 Å². The fraction of sp³-hybridized carbons (Fsp3) is 0.200. The predicted molar refractivity (Wildman–Crippen MR) is 103 cm³/mol. The minimum atomic E-state index is -0.731. The van der Waals surface area contributed by atoms with Gasteiger partial charge in [-0.15, -0.1) is 0 Å². The maximum atomic E-state index is 12.8. The first-order valence-corrected chi connectivity index (χ1v) is 8.92. The van der Waals surface area contributed by atoms with Gasteiger partial charge in [-0.05, 0) is 42.3 Å². The first-order valence-electron chi connectivity index (χ1n) is 8.16. The summed E-state index contributed by atoms with van der Waals surface area (Å²) in [6, 6.07) is 11.3. The number of anilines is 1. The molecule has 0 saturated carbocycles. The molecule has 1 aliphatic rings. The number of ketones is 1. The van der Waals surface area contributed by atoms with Gasteiger partial charge in [0, 0.05) is 22.2 Å². The van der Waals surface area contributed by atoms with Crippen molar-refractivity contribution in [2.45, 2.75) is 26.3 Å². The second kappa shape index (κ2) is 7.14. The van der Waals surface area contributed by atoms with Crippen molar-refractivity contribution in [3.8, 4) is 0 Å². The van der Waals surface area contributed by atoms with Crippen LogP contribution in [0.25, 0.3) is 0 Å². The molecule has 0 bridgehead atoms. The van der Waals surface area contributed by atoms with Crippen LogP contribution in [0.4, 0.5) is 5.69 Å². The van der Waals surface area contributed by atoms with Crippen LogP contribution in [0.2, 0.25) is 10.0 Å². The van der Waals surface area contributed by atoms with Gasteiger partial charge in [0.05, 0.1) is 11.6 Å². The van der Waals surface area contributed by atoms with Gasteiger partial charge in [-0.3, -0.25) is 14.5 Å². The zero-order valence-corrected chi connectivity index (χ0v) is 15.8. The maximum absolute atomic E-state index is 12.8. The topological polar surface area (TPSA) is 57.6 Å². The summed E-state index contributed by atoms with van der Waals surface area (Å²) in [6.07, 6.45) is 0.180. The number of amides is 1. The number of benzene rings is 2. The second-order valence-electron chi connectivity index (χ2n) is 6.10. The van der Waals surface area contributed by atoms with Crippen molar-refractivity contribution in [3.63, 3.8) is 0 Å². The van der Waals surface area contributed by atoms with Gasteiger partial charge in [0.2, 0.25) is 0 Å². The lowest BCUT2D eigenvalue weighted by Gasteiger charge is -2.27. The lowest BCUT2D eigenvalue weighted by atomic mass is 9.95. The monoisotopic (exact) mass is 389 g/mol. The Kier molecular flexibility index (Phi) is 5.08. The van der Waals surface area contributed by atoms with E-state index in [2.05, 4.69) is 0 Å². The second-order valence-corrected chi connectivity index (χ2v) is 6.95. The van der Waals surface area contributed by atoms with Gasteiger partial charge in [-0.1, -0.05) is 48.3 Å². The van der Waals surface area contributed by atoms with E-state index < -0.39 is 17.7 Å². The van der Waals surface area contributed by atoms with E-state index >= 15 is 0 Å². The highest BCUT2D eigenvalue weighted by molar-refractivity contribution is 6.32. The summed E-state index contributed by atoms with van der Waals surface area (Å²) in [5.41, 5.74) is 2.15. The summed E-state index contributed by atoms with van der Waals surface area (Å²) in [5.74, 6) is -1.42. The third-order valence-electron chi connectivity index (χ3n) is 4.45. The Labute approximate surface area is 161 Å². The van der Waals surface area contributed by atoms with Crippen molar-refractivity contribution in [3.05, 3.63) is 75.0 Å². The molecule has 0 aromatic heterocycles. The van der Waals surface area contributed by atoms with Gasteiger partial charge in [0.25, 0.3) is 5.91 Å². The number of rotatable bonds is 4. The Bertz CT molecular complexity index is 919. The third kappa shape index (κ3) is 3.11. The highest BCUT2D eigenvalue weighted by atomic mass is 35.5. The van der Waals surface area contributed by atoms with Crippen molar-refractivity contribution < 1.29 is 14.7 Å². The number of Topliss-reactive ketones (excluding diaryl/α,β-unsaturated/α-hetero) is 1. The largest absolute Gasteiger partial charge is 0.503 e. The SMILES string of the molecule is CCC(=O)C1=C(O)C(=O)N(c2ccc(C)c(Cl)c2)C1c1ccc(Cl)cc1. The molecular formula is C20H17Cl2NO3. The molecule has 0 radical (unpaired) electrons. The zero-order valence-electron chi connectivity index (χ0n) is 14.3. The van der Waals surface area contributed by atoms with E-state index in [4.69, 9.17) is 23.2 Å². The Morgan fingerprint density at radius 2 is 1.81 bits per heavy atom. The number of carbonyl (C=O) groups excluding carboxylic acids is 2. The molecule has 1 aliphatic heterocycles. The van der Waals surface area contributed by atoms with Crippen LogP contribution in [0.3, 0.4) is 0 Å². The van der Waals surface area contributed by atoms with E-state index in [0.717, 1.165) is 5.56 Å². The molecule has 1 atom stereocenters. The number of carbonyl (C=O) groups is 2. The Morgan fingerprint density at radius 1 is 1.15 bits per heavy atom. The molecule has 26 heavy (non-hydrogen) atoms. The van der Waals surface area contributed by atoms with Gasteiger partial charge in [0.15, 0.2) is 11.5 Å². The maximum Gasteiger partial charge on any atom is 0.294 e. The van der Waals surface area contributed by atoms with Crippen molar-refractivity contribution in [1.82, 2.24) is 0 Å². The summed E-state index contributed by atoms with van der Waals surface area (Å²) >= 11 is 12.2. The number of aliphatic hydroxyl groups is 1. The van der Waals surface area contributed by atoms with Crippen LogP contribution < -0.4 is 4.90 Å². The molecule has 4 nitrogen and oxygen atoms in total. The van der Waals surface area contributed by atoms with Crippen molar-refractivity contribution >= 4 is 40.6 Å². The molecule has 0 aliphatic carbocycles. The van der Waals surface area contributed by atoms with Crippen LogP contribution in [-0.2, 0) is 9.59 Å². The van der Waals surface area contributed by atoms with Crippen LogP contribution in [0.15, 0.2) is 53.8 Å². The zero-order chi connectivity index (χ0) is 19.0. The van der Waals surface area contributed by atoms with Crippen molar-refractivity contribution in [2.75, 3.05) is 4.90 Å². The molecule has 0 fully saturated rings. The first-order chi connectivity index (χ1) is 12.3. The molecule has 134 valence electrons. The smallest absolute Gasteiger partial charge is 0.294 e. The van der Waals surface area contributed by atoms with Crippen LogP contribution in [-0.4, -0.2) is 16.8 Å². The van der Waals surface area contributed by atoms with Crippen LogP contribution in [0.1, 0.15) is 30.5 Å². The third-order valence-corrected chi connectivity index (χ3v) is 5.11. The van der Waals surface area contributed by atoms with E-state index in [1.54, 1.807) is 49.4 Å². The predicted octanol–water partition coefficient (Wildman–Crippen LogP) is 5.18. The van der Waals surface area contributed by atoms with E-state index in [9.17, 15) is 14.7 Å². The summed E-state index contributed by atoms with van der Waals surface area (Å²) in [7, 11) is 0. The van der Waals surface area contributed by atoms with Gasteiger partial charge < -0.3 is 5.11 Å². The van der Waals surface area contributed by atoms with Gasteiger partial charge in [-0.25, -0.2) is 0 Å².